The van der Waals surface area contributed by atoms with E-state index in [1.54, 1.807) is 16.7 Å². The molecule has 80 valence electrons. The maximum atomic E-state index is 13.2. The highest BCUT2D eigenvalue weighted by molar-refractivity contribution is 9.10. The first kappa shape index (κ1) is 9.99. The molecule has 0 fully saturated rings. The van der Waals surface area contributed by atoms with Crippen molar-refractivity contribution in [1.29, 1.82) is 0 Å². The van der Waals surface area contributed by atoms with E-state index in [-0.39, 0.29) is 5.82 Å². The summed E-state index contributed by atoms with van der Waals surface area (Å²) in [5, 5.41) is 0.296. The predicted molar refractivity (Wildman–Crippen MR) is 63.2 cm³/mol. The average Bonchev–Trinajstić information content (AvgIpc) is 2.63. The molecule has 0 spiro atoms. The van der Waals surface area contributed by atoms with Crippen LogP contribution in [0.3, 0.4) is 0 Å². The fourth-order valence-corrected chi connectivity index (χ4v) is 2.32. The van der Waals surface area contributed by atoms with E-state index in [4.69, 9.17) is 11.6 Å². The van der Waals surface area contributed by atoms with Gasteiger partial charge in [0.05, 0.1) is 17.2 Å². The van der Waals surface area contributed by atoms with Crippen molar-refractivity contribution in [1.82, 2.24) is 14.4 Å². The van der Waals surface area contributed by atoms with Gasteiger partial charge in [0.15, 0.2) is 10.8 Å². The monoisotopic (exact) mass is 299 g/mol. The van der Waals surface area contributed by atoms with Crippen LogP contribution >= 0.6 is 27.5 Å². The second kappa shape index (κ2) is 3.40. The van der Waals surface area contributed by atoms with Crippen molar-refractivity contribution >= 4 is 44.2 Å². The number of benzene rings is 1. The Morgan fingerprint density at radius 1 is 1.38 bits per heavy atom. The average molecular weight is 301 g/mol. The third-order valence-corrected chi connectivity index (χ3v) is 3.11. The smallest absolute Gasteiger partial charge is 0.176 e. The van der Waals surface area contributed by atoms with Gasteiger partial charge in [-0.3, -0.25) is 4.40 Å². The molecule has 3 nitrogen and oxygen atoms in total. The Kier molecular flexibility index (Phi) is 2.12. The van der Waals surface area contributed by atoms with Crippen LogP contribution in [0.5, 0.6) is 0 Å². The molecule has 0 aliphatic rings. The highest BCUT2D eigenvalue weighted by atomic mass is 79.9. The molecule has 0 amide bonds. The second-order valence-corrected chi connectivity index (χ2v) is 4.45. The molecular formula is C10H4BrClFN3. The van der Waals surface area contributed by atoms with Crippen LogP contribution in [0, 0.1) is 5.82 Å². The van der Waals surface area contributed by atoms with Crippen molar-refractivity contribution in [3.63, 3.8) is 0 Å². The van der Waals surface area contributed by atoms with E-state index in [0.29, 0.717) is 26.4 Å². The first-order valence-electron chi connectivity index (χ1n) is 4.44. The van der Waals surface area contributed by atoms with E-state index in [9.17, 15) is 4.39 Å². The highest BCUT2D eigenvalue weighted by Crippen LogP contribution is 2.25. The van der Waals surface area contributed by atoms with Gasteiger partial charge in [0.25, 0.3) is 0 Å². The van der Waals surface area contributed by atoms with Gasteiger partial charge in [-0.2, -0.15) is 0 Å². The van der Waals surface area contributed by atoms with E-state index in [0.717, 1.165) is 0 Å². The van der Waals surface area contributed by atoms with Gasteiger partial charge >= 0.3 is 0 Å². The molecule has 0 N–H and O–H groups in total. The van der Waals surface area contributed by atoms with Crippen LogP contribution in [0.2, 0.25) is 5.15 Å². The number of hydrogen-bond donors (Lipinski definition) is 0. The molecule has 6 heteroatoms. The van der Waals surface area contributed by atoms with E-state index < -0.39 is 0 Å². The fraction of sp³-hybridized carbons (Fsp3) is 0. The Balaban J connectivity index is 2.64. The summed E-state index contributed by atoms with van der Waals surface area (Å²) in [5.74, 6) is -0.321. The van der Waals surface area contributed by atoms with Crippen molar-refractivity contribution in [3.8, 4) is 0 Å². The molecule has 0 aliphatic carbocycles. The number of rotatable bonds is 0. The molecule has 0 aliphatic heterocycles. The number of aromatic nitrogens is 3. The van der Waals surface area contributed by atoms with Crippen molar-refractivity contribution in [3.05, 3.63) is 40.0 Å². The summed E-state index contributed by atoms with van der Waals surface area (Å²) >= 11 is 9.32. The third-order valence-electron chi connectivity index (χ3n) is 2.30. The minimum Gasteiger partial charge on any atom is -0.282 e. The van der Waals surface area contributed by atoms with Crippen molar-refractivity contribution in [2.45, 2.75) is 0 Å². The molecule has 2 heterocycles. The van der Waals surface area contributed by atoms with Gasteiger partial charge in [0, 0.05) is 6.07 Å². The molecular weight excluding hydrogens is 296 g/mol. The van der Waals surface area contributed by atoms with Crippen LogP contribution in [0.1, 0.15) is 0 Å². The largest absolute Gasteiger partial charge is 0.282 e. The molecule has 0 bridgehead atoms. The summed E-state index contributed by atoms with van der Waals surface area (Å²) in [6.07, 6.45) is 1.60. The van der Waals surface area contributed by atoms with Crippen LogP contribution in [0.15, 0.2) is 29.0 Å². The third kappa shape index (κ3) is 1.32. The predicted octanol–water partition coefficient (Wildman–Crippen LogP) is 3.44. The number of hydrogen-bond acceptors (Lipinski definition) is 2. The second-order valence-electron chi connectivity index (χ2n) is 3.28. The maximum absolute atomic E-state index is 13.2. The molecule has 0 saturated carbocycles. The van der Waals surface area contributed by atoms with Gasteiger partial charge < -0.3 is 0 Å². The number of imidazole rings is 1. The van der Waals surface area contributed by atoms with Gasteiger partial charge in [0.1, 0.15) is 10.4 Å². The van der Waals surface area contributed by atoms with Crippen LogP contribution in [0.4, 0.5) is 4.39 Å². The lowest BCUT2D eigenvalue weighted by Crippen LogP contribution is -1.94. The summed E-state index contributed by atoms with van der Waals surface area (Å²) in [5.41, 5.74) is 1.76. The van der Waals surface area contributed by atoms with Crippen molar-refractivity contribution in [2.24, 2.45) is 0 Å². The Morgan fingerprint density at radius 3 is 3.00 bits per heavy atom. The minimum absolute atomic E-state index is 0.296. The molecule has 0 radical (unpaired) electrons. The zero-order valence-electron chi connectivity index (χ0n) is 7.78. The van der Waals surface area contributed by atoms with Gasteiger partial charge in [-0.05, 0) is 28.1 Å². The van der Waals surface area contributed by atoms with Gasteiger partial charge in [0.2, 0.25) is 0 Å². The molecule has 0 atom stereocenters. The van der Waals surface area contributed by atoms with Gasteiger partial charge in [-0.15, -0.1) is 0 Å². The minimum atomic E-state index is -0.321. The van der Waals surface area contributed by atoms with Crippen molar-refractivity contribution < 1.29 is 4.39 Å². The molecule has 2 aromatic heterocycles. The molecule has 3 rings (SSSR count). The summed E-state index contributed by atoms with van der Waals surface area (Å²) in [6, 6.07) is 4.34. The quantitative estimate of drug-likeness (QED) is 0.636. The Labute approximate surface area is 103 Å². The van der Waals surface area contributed by atoms with Crippen LogP contribution < -0.4 is 0 Å². The fourth-order valence-electron chi connectivity index (χ4n) is 1.63. The lowest BCUT2D eigenvalue weighted by Gasteiger charge is -2.04. The molecule has 16 heavy (non-hydrogen) atoms. The molecule has 3 aromatic rings. The Hall–Kier alpha value is -1.20. The Bertz CT molecular complexity index is 710. The van der Waals surface area contributed by atoms with E-state index in [1.807, 2.05) is 0 Å². The number of halogens is 3. The van der Waals surface area contributed by atoms with Crippen LogP contribution in [0.25, 0.3) is 16.7 Å². The summed E-state index contributed by atoms with van der Waals surface area (Å²) in [7, 11) is 0. The summed E-state index contributed by atoms with van der Waals surface area (Å²) < 4.78 is 15.6. The number of nitrogens with zero attached hydrogens (tertiary/aromatic N) is 3. The zero-order valence-corrected chi connectivity index (χ0v) is 10.1. The first-order chi connectivity index (χ1) is 7.66. The lowest BCUT2D eigenvalue weighted by atomic mass is 10.3. The standard InChI is InChI=1S/C10H4BrClFN3/c11-8-4-14-10-9(12)15-6-2-1-5(13)3-7(6)16(8)10/h1-4H. The first-order valence-corrected chi connectivity index (χ1v) is 5.61. The van der Waals surface area contributed by atoms with Gasteiger partial charge in [-0.1, -0.05) is 11.6 Å². The lowest BCUT2D eigenvalue weighted by molar-refractivity contribution is 0.629. The van der Waals surface area contributed by atoms with Crippen LogP contribution in [-0.2, 0) is 0 Å². The molecule has 1 aromatic carbocycles. The Morgan fingerprint density at radius 2 is 2.19 bits per heavy atom. The van der Waals surface area contributed by atoms with Crippen LogP contribution in [-0.4, -0.2) is 14.4 Å². The number of fused-ring (bicyclic) bond motifs is 3. The van der Waals surface area contributed by atoms with Crippen molar-refractivity contribution in [2.75, 3.05) is 0 Å². The normalized spacial score (nSPS) is 11.4. The van der Waals surface area contributed by atoms with E-state index >= 15 is 0 Å². The van der Waals surface area contributed by atoms with E-state index in [1.165, 1.54) is 12.1 Å². The molecule has 0 unspecified atom stereocenters. The summed E-state index contributed by atoms with van der Waals surface area (Å²) in [6.45, 7) is 0. The summed E-state index contributed by atoms with van der Waals surface area (Å²) in [4.78, 5) is 8.25. The topological polar surface area (TPSA) is 30.2 Å². The van der Waals surface area contributed by atoms with E-state index in [2.05, 4.69) is 25.9 Å². The zero-order chi connectivity index (χ0) is 11.3. The molecule has 0 saturated heterocycles. The maximum Gasteiger partial charge on any atom is 0.176 e. The van der Waals surface area contributed by atoms with Gasteiger partial charge in [-0.25, -0.2) is 14.4 Å². The SMILES string of the molecule is Fc1ccc2nc(Cl)c3ncc(Br)n3c2c1. The highest BCUT2D eigenvalue weighted by Gasteiger charge is 2.11.